The van der Waals surface area contributed by atoms with Gasteiger partial charge in [0.2, 0.25) is 0 Å². The molecule has 0 bridgehead atoms. The SMILES string of the molecule is CN(C)C(=S)O[SeH]. The third kappa shape index (κ3) is 2.85. The van der Waals surface area contributed by atoms with Gasteiger partial charge in [0.1, 0.15) is 0 Å². The molecule has 2 nitrogen and oxygen atoms in total. The van der Waals surface area contributed by atoms with Gasteiger partial charge in [-0.3, -0.25) is 0 Å². The third-order valence-corrected chi connectivity index (χ3v) is 1.52. The van der Waals surface area contributed by atoms with E-state index >= 15 is 0 Å². The molecule has 0 rings (SSSR count). The molecule has 0 N–H and O–H groups in total. The zero-order valence-corrected chi connectivity index (χ0v) is 6.90. The molecular formula is C3H7NOSSe. The van der Waals surface area contributed by atoms with Gasteiger partial charge in [0.25, 0.3) is 0 Å². The van der Waals surface area contributed by atoms with Gasteiger partial charge in [-0.1, -0.05) is 0 Å². The van der Waals surface area contributed by atoms with Gasteiger partial charge in [-0.2, -0.15) is 0 Å². The first-order valence-electron chi connectivity index (χ1n) is 1.71. The number of nitrogens with zero attached hydrogens (tertiary/aromatic N) is 1. The fourth-order valence-electron chi connectivity index (χ4n) is 0.0816. The van der Waals surface area contributed by atoms with E-state index in [-0.39, 0.29) is 0 Å². The van der Waals surface area contributed by atoms with Crippen LogP contribution in [0, 0.1) is 0 Å². The zero-order valence-electron chi connectivity index (χ0n) is 4.21. The first-order chi connectivity index (χ1) is 3.18. The monoisotopic (exact) mass is 185 g/mol. The Labute approximate surface area is 57.0 Å². The Hall–Kier alpha value is 0.209. The molecule has 0 radical (unpaired) electrons. The first kappa shape index (κ1) is 7.21. The van der Waals surface area contributed by atoms with E-state index in [4.69, 9.17) is 0 Å². The number of thiocarbonyl (C=S) groups is 1. The molecule has 7 heavy (non-hydrogen) atoms. The van der Waals surface area contributed by atoms with Gasteiger partial charge in [-0.15, -0.1) is 0 Å². The molecule has 0 aromatic rings. The summed E-state index contributed by atoms with van der Waals surface area (Å²) in [6.45, 7) is 0. The second kappa shape index (κ2) is 3.24. The molecule has 0 aliphatic rings. The van der Waals surface area contributed by atoms with Crippen molar-refractivity contribution < 1.29 is 3.82 Å². The Morgan fingerprint density at radius 3 is 2.14 bits per heavy atom. The molecule has 0 aromatic heterocycles. The van der Waals surface area contributed by atoms with Gasteiger partial charge in [-0.25, -0.2) is 0 Å². The molecular weight excluding hydrogens is 177 g/mol. The summed E-state index contributed by atoms with van der Waals surface area (Å²) in [5, 5.41) is 0.486. The van der Waals surface area contributed by atoms with E-state index in [1.165, 1.54) is 0 Å². The quantitative estimate of drug-likeness (QED) is 0.377. The molecule has 0 spiro atoms. The molecule has 0 aliphatic heterocycles. The van der Waals surface area contributed by atoms with Gasteiger partial charge >= 0.3 is 56.5 Å². The maximum atomic E-state index is 4.67. The minimum absolute atomic E-state index is 0.486. The standard InChI is InChI=1S/C3H7NOSSe/c1-4(2)3(6)5-7/h7H,1-2H3. The third-order valence-electron chi connectivity index (χ3n) is 0.443. The van der Waals surface area contributed by atoms with Gasteiger partial charge in [0.05, 0.1) is 0 Å². The summed E-state index contributed by atoms with van der Waals surface area (Å²) in [5.74, 6) is 0. The summed E-state index contributed by atoms with van der Waals surface area (Å²) < 4.78 is 4.61. The summed E-state index contributed by atoms with van der Waals surface area (Å²) in [6.07, 6.45) is 0. The van der Waals surface area contributed by atoms with Gasteiger partial charge in [0, 0.05) is 0 Å². The van der Waals surface area contributed by atoms with Crippen molar-refractivity contribution in [3.8, 4) is 0 Å². The Balaban J connectivity index is 3.35. The minimum atomic E-state index is 0.486. The van der Waals surface area contributed by atoms with Crippen molar-refractivity contribution in [2.75, 3.05) is 14.1 Å². The molecule has 0 saturated carbocycles. The molecule has 0 atom stereocenters. The number of rotatable bonds is 0. The van der Waals surface area contributed by atoms with E-state index in [9.17, 15) is 0 Å². The van der Waals surface area contributed by atoms with Crippen molar-refractivity contribution in [1.29, 1.82) is 0 Å². The van der Waals surface area contributed by atoms with Gasteiger partial charge < -0.3 is 0 Å². The van der Waals surface area contributed by atoms with Crippen LogP contribution in [0.4, 0.5) is 0 Å². The molecule has 0 fully saturated rings. The summed E-state index contributed by atoms with van der Waals surface area (Å²) in [6, 6.07) is 0. The van der Waals surface area contributed by atoms with E-state index in [0.717, 1.165) is 0 Å². The number of hydrogen-bond donors (Lipinski definition) is 0. The van der Waals surface area contributed by atoms with Crippen molar-refractivity contribution >= 4 is 33.7 Å². The molecule has 42 valence electrons. The molecule has 4 heteroatoms. The fourth-order valence-corrected chi connectivity index (χ4v) is 0.424. The van der Waals surface area contributed by atoms with Crippen LogP contribution in [0.1, 0.15) is 0 Å². The van der Waals surface area contributed by atoms with Crippen LogP contribution in [-0.2, 0) is 3.82 Å². The normalized spacial score (nSPS) is 7.86. The Bertz CT molecular complexity index is 75.3. The van der Waals surface area contributed by atoms with Crippen LogP contribution in [0.2, 0.25) is 0 Å². The fraction of sp³-hybridized carbons (Fsp3) is 0.667. The second-order valence-electron chi connectivity index (χ2n) is 1.25. The van der Waals surface area contributed by atoms with Crippen molar-refractivity contribution in [3.63, 3.8) is 0 Å². The van der Waals surface area contributed by atoms with Crippen molar-refractivity contribution in [1.82, 2.24) is 4.90 Å². The molecule has 0 aliphatic carbocycles. The van der Waals surface area contributed by atoms with E-state index in [1.807, 2.05) is 30.4 Å². The van der Waals surface area contributed by atoms with Crippen molar-refractivity contribution in [3.05, 3.63) is 0 Å². The first-order valence-corrected chi connectivity index (χ1v) is 2.88. The van der Waals surface area contributed by atoms with E-state index in [0.29, 0.717) is 5.17 Å². The summed E-state index contributed by atoms with van der Waals surface area (Å²) >= 11 is 6.62. The zero-order chi connectivity index (χ0) is 5.86. The predicted molar refractivity (Wildman–Crippen MR) is 34.5 cm³/mol. The Morgan fingerprint density at radius 2 is 2.14 bits per heavy atom. The average molecular weight is 184 g/mol. The van der Waals surface area contributed by atoms with Crippen LogP contribution in [-0.4, -0.2) is 40.5 Å². The second-order valence-corrected chi connectivity index (χ2v) is 1.98. The molecule has 0 saturated heterocycles. The van der Waals surface area contributed by atoms with Crippen molar-refractivity contribution in [2.45, 2.75) is 0 Å². The van der Waals surface area contributed by atoms with Gasteiger partial charge in [0.15, 0.2) is 0 Å². The van der Waals surface area contributed by atoms with Crippen LogP contribution in [0.25, 0.3) is 0 Å². The maximum absolute atomic E-state index is 4.67. The number of hydrogen-bond acceptors (Lipinski definition) is 2. The summed E-state index contributed by atoms with van der Waals surface area (Å²) in [4.78, 5) is 1.72. The molecule has 0 heterocycles. The van der Waals surface area contributed by atoms with Gasteiger partial charge in [-0.05, 0) is 0 Å². The van der Waals surface area contributed by atoms with Crippen LogP contribution in [0.15, 0.2) is 0 Å². The molecule has 0 unspecified atom stereocenters. The summed E-state index contributed by atoms with van der Waals surface area (Å²) in [5.41, 5.74) is 0. The van der Waals surface area contributed by atoms with E-state index in [2.05, 4.69) is 16.0 Å². The van der Waals surface area contributed by atoms with Crippen molar-refractivity contribution in [2.24, 2.45) is 0 Å². The van der Waals surface area contributed by atoms with E-state index in [1.54, 1.807) is 4.90 Å². The Kier molecular flexibility index (Phi) is 3.34. The molecule has 0 amide bonds. The Morgan fingerprint density at radius 1 is 1.71 bits per heavy atom. The van der Waals surface area contributed by atoms with Crippen LogP contribution >= 0.6 is 12.2 Å². The van der Waals surface area contributed by atoms with E-state index < -0.39 is 0 Å². The van der Waals surface area contributed by atoms with Crippen LogP contribution in [0.5, 0.6) is 0 Å². The average Bonchev–Trinajstić information content (AvgIpc) is 1.65. The molecule has 0 aromatic carbocycles. The topological polar surface area (TPSA) is 12.5 Å². The van der Waals surface area contributed by atoms with Crippen LogP contribution in [0.3, 0.4) is 0 Å². The summed E-state index contributed by atoms with van der Waals surface area (Å²) in [7, 11) is 3.66. The van der Waals surface area contributed by atoms with Crippen LogP contribution < -0.4 is 0 Å². The predicted octanol–water partition coefficient (Wildman–Crippen LogP) is -0.335.